The Bertz CT molecular complexity index is 902. The summed E-state index contributed by atoms with van der Waals surface area (Å²) in [6.07, 6.45) is 1.84. The maximum Gasteiger partial charge on any atom is 0.309 e. The van der Waals surface area contributed by atoms with Crippen molar-refractivity contribution in [1.29, 1.82) is 0 Å². The summed E-state index contributed by atoms with van der Waals surface area (Å²) in [5.41, 5.74) is 6.95. The first-order chi connectivity index (χ1) is 16.0. The molecule has 4 N–H and O–H groups in total. The summed E-state index contributed by atoms with van der Waals surface area (Å²) in [6.45, 7) is 7.94. The van der Waals surface area contributed by atoms with Crippen LogP contribution in [-0.4, -0.2) is 57.0 Å². The molecular formula is C25H38N2O6S. The van der Waals surface area contributed by atoms with Crippen LogP contribution in [0.15, 0.2) is 11.0 Å². The van der Waals surface area contributed by atoms with Crippen LogP contribution in [0.3, 0.4) is 0 Å². The number of esters is 1. The molecule has 3 rings (SSSR count). The van der Waals surface area contributed by atoms with Crippen LogP contribution in [0.25, 0.3) is 6.08 Å². The molecule has 0 spiro atoms. The number of aromatic nitrogens is 1. The summed E-state index contributed by atoms with van der Waals surface area (Å²) >= 11 is 1.48. The van der Waals surface area contributed by atoms with E-state index in [0.29, 0.717) is 13.0 Å². The topological polar surface area (TPSA) is 135 Å². The number of epoxide rings is 1. The van der Waals surface area contributed by atoms with Crippen molar-refractivity contribution in [2.75, 3.05) is 0 Å². The van der Waals surface area contributed by atoms with Crippen molar-refractivity contribution in [3.8, 4) is 0 Å². The van der Waals surface area contributed by atoms with Crippen molar-refractivity contribution < 1.29 is 29.3 Å². The molecule has 0 aliphatic carbocycles. The van der Waals surface area contributed by atoms with Crippen LogP contribution < -0.4 is 5.73 Å². The molecule has 2 aliphatic heterocycles. The molecule has 0 bridgehead atoms. The maximum atomic E-state index is 12.7. The fourth-order valence-corrected chi connectivity index (χ4v) is 5.29. The zero-order valence-electron chi connectivity index (χ0n) is 20.5. The number of cyclic esters (lactones) is 1. The lowest BCUT2D eigenvalue weighted by atomic mass is 9.84. The third-order valence-electron chi connectivity index (χ3n) is 7.14. The van der Waals surface area contributed by atoms with Gasteiger partial charge in [0.15, 0.2) is 0 Å². The molecule has 0 saturated carbocycles. The number of hydrogen-bond donors (Lipinski definition) is 3. The molecule has 3 heterocycles. The highest BCUT2D eigenvalue weighted by atomic mass is 32.1. The number of nitrogens with zero attached hydrogens (tertiary/aromatic N) is 1. The molecule has 9 heteroatoms. The quantitative estimate of drug-likeness (QED) is 0.431. The largest absolute Gasteiger partial charge is 0.458 e. The van der Waals surface area contributed by atoms with Crippen LogP contribution in [0.5, 0.6) is 0 Å². The molecule has 1 unspecified atom stereocenters. The van der Waals surface area contributed by atoms with Gasteiger partial charge < -0.3 is 25.4 Å². The predicted octanol–water partition coefficient (Wildman–Crippen LogP) is 2.99. The fourth-order valence-electron chi connectivity index (χ4n) is 4.66. The number of hydrogen-bond acceptors (Lipinski definition) is 9. The van der Waals surface area contributed by atoms with E-state index in [4.69, 9.17) is 15.2 Å². The number of nitrogens with two attached hydrogens (primary N) is 1. The first-order valence-corrected chi connectivity index (χ1v) is 13.0. The van der Waals surface area contributed by atoms with Crippen LogP contribution in [0, 0.1) is 11.8 Å². The van der Waals surface area contributed by atoms with Crippen LogP contribution in [0.2, 0.25) is 0 Å². The van der Waals surface area contributed by atoms with E-state index < -0.39 is 30.2 Å². The average Bonchev–Trinajstić information content (AvgIpc) is 3.18. The number of ether oxygens (including phenoxy) is 2. The Hall–Kier alpha value is -1.65. The first kappa shape index (κ1) is 26.9. The van der Waals surface area contributed by atoms with Gasteiger partial charge in [-0.2, -0.15) is 0 Å². The third-order valence-corrected chi connectivity index (χ3v) is 8.03. The molecule has 2 saturated heterocycles. The standard InChI is InChI=1S/C25H38N2O6S/c1-14-6-5-7-25(4)21(33-25)11-20(15(2)8-17-13-34-22(12-26)27-17)32-23(30)10-18(28)9-19(29)16(3)24(14)31/h8,13-14,16,18,20-21,24,28,31H,5-7,9-12,26H2,1-4H3/t14-,16-,18+,20-,21?,24-,25+/m0/s1. The molecule has 2 fully saturated rings. The van der Waals surface area contributed by atoms with Crippen LogP contribution in [0.4, 0.5) is 0 Å². The molecule has 1 aromatic rings. The summed E-state index contributed by atoms with van der Waals surface area (Å²) in [6, 6.07) is 0. The van der Waals surface area contributed by atoms with Gasteiger partial charge >= 0.3 is 5.97 Å². The van der Waals surface area contributed by atoms with Crippen molar-refractivity contribution in [2.24, 2.45) is 17.6 Å². The van der Waals surface area contributed by atoms with E-state index in [-0.39, 0.29) is 36.2 Å². The Labute approximate surface area is 205 Å². The predicted molar refractivity (Wildman–Crippen MR) is 130 cm³/mol. The second-order valence-corrected chi connectivity index (χ2v) is 11.0. The molecule has 0 radical (unpaired) electrons. The van der Waals surface area contributed by atoms with E-state index in [1.807, 2.05) is 25.3 Å². The second-order valence-electron chi connectivity index (χ2n) is 10.1. The van der Waals surface area contributed by atoms with Crippen molar-refractivity contribution >= 4 is 29.2 Å². The summed E-state index contributed by atoms with van der Waals surface area (Å²) in [5, 5.41) is 23.7. The monoisotopic (exact) mass is 494 g/mol. The Morgan fingerprint density at radius 1 is 1.32 bits per heavy atom. The van der Waals surface area contributed by atoms with Crippen molar-refractivity contribution in [3.63, 3.8) is 0 Å². The highest BCUT2D eigenvalue weighted by molar-refractivity contribution is 7.09. The number of aliphatic hydroxyl groups excluding tert-OH is 2. The van der Waals surface area contributed by atoms with Crippen molar-refractivity contribution in [3.05, 3.63) is 21.7 Å². The van der Waals surface area contributed by atoms with Crippen molar-refractivity contribution in [1.82, 2.24) is 4.98 Å². The van der Waals surface area contributed by atoms with E-state index in [1.54, 1.807) is 6.92 Å². The molecule has 0 amide bonds. The lowest BCUT2D eigenvalue weighted by molar-refractivity contribution is -0.150. The summed E-state index contributed by atoms with van der Waals surface area (Å²) in [5.74, 6) is -1.49. The molecular weight excluding hydrogens is 456 g/mol. The smallest absolute Gasteiger partial charge is 0.309 e. The minimum absolute atomic E-state index is 0.0517. The zero-order chi connectivity index (χ0) is 25.0. The van der Waals surface area contributed by atoms with Crippen LogP contribution in [-0.2, 0) is 25.6 Å². The Kier molecular flexibility index (Phi) is 9.03. The number of ketones is 1. The lowest BCUT2D eigenvalue weighted by Gasteiger charge is -2.25. The van der Waals surface area contributed by atoms with E-state index in [9.17, 15) is 19.8 Å². The van der Waals surface area contributed by atoms with E-state index in [2.05, 4.69) is 11.9 Å². The van der Waals surface area contributed by atoms with Gasteiger partial charge in [0.2, 0.25) is 0 Å². The third kappa shape index (κ3) is 6.95. The Morgan fingerprint density at radius 2 is 2.06 bits per heavy atom. The molecule has 34 heavy (non-hydrogen) atoms. The molecule has 7 atom stereocenters. The molecule has 190 valence electrons. The van der Waals surface area contributed by atoms with Gasteiger partial charge in [-0.3, -0.25) is 9.59 Å². The molecule has 1 aromatic heterocycles. The lowest BCUT2D eigenvalue weighted by Crippen LogP contribution is -2.34. The summed E-state index contributed by atoms with van der Waals surface area (Å²) < 4.78 is 11.8. The van der Waals surface area contributed by atoms with E-state index in [0.717, 1.165) is 35.5 Å². The van der Waals surface area contributed by atoms with Gasteiger partial charge in [0.25, 0.3) is 0 Å². The minimum Gasteiger partial charge on any atom is -0.458 e. The van der Waals surface area contributed by atoms with Gasteiger partial charge in [-0.15, -0.1) is 11.3 Å². The molecule has 2 aliphatic rings. The highest BCUT2D eigenvalue weighted by Gasteiger charge is 2.52. The highest BCUT2D eigenvalue weighted by Crippen LogP contribution is 2.44. The number of carbonyl (C=O) groups excluding carboxylic acids is 2. The zero-order valence-corrected chi connectivity index (χ0v) is 21.3. The minimum atomic E-state index is -1.16. The van der Waals surface area contributed by atoms with Crippen LogP contribution in [0.1, 0.15) is 76.9 Å². The van der Waals surface area contributed by atoms with Gasteiger partial charge in [0, 0.05) is 30.7 Å². The van der Waals surface area contributed by atoms with E-state index in [1.165, 1.54) is 11.3 Å². The molecule has 8 nitrogen and oxygen atoms in total. The average molecular weight is 495 g/mol. The van der Waals surface area contributed by atoms with E-state index >= 15 is 0 Å². The number of carbonyl (C=O) groups is 2. The number of thiazole rings is 1. The first-order valence-electron chi connectivity index (χ1n) is 12.1. The summed E-state index contributed by atoms with van der Waals surface area (Å²) in [4.78, 5) is 29.7. The Morgan fingerprint density at radius 3 is 2.74 bits per heavy atom. The SMILES string of the molecule is CC(=Cc1csc(CN)n1)[C@@H]1CC2O[C@]2(C)CCC[C@H](C)[C@H](O)[C@@H](C)C(=O)C[C@@H](O)CC(=O)O1. The number of aliphatic hydroxyl groups is 2. The second kappa shape index (κ2) is 11.4. The van der Waals surface area contributed by atoms with Crippen molar-refractivity contribution in [2.45, 2.75) is 103 Å². The molecule has 0 aromatic carbocycles. The van der Waals surface area contributed by atoms with Gasteiger partial charge in [-0.25, -0.2) is 4.98 Å². The fraction of sp³-hybridized carbons (Fsp3) is 0.720. The van der Waals surface area contributed by atoms with Crippen LogP contribution >= 0.6 is 11.3 Å². The van der Waals surface area contributed by atoms with Gasteiger partial charge in [-0.05, 0) is 44.3 Å². The van der Waals surface area contributed by atoms with Gasteiger partial charge in [0.05, 0.1) is 36.0 Å². The normalized spacial score (nSPS) is 36.6. The van der Waals surface area contributed by atoms with Gasteiger partial charge in [-0.1, -0.05) is 20.3 Å². The maximum absolute atomic E-state index is 12.7. The number of rotatable bonds is 3. The van der Waals surface area contributed by atoms with Gasteiger partial charge in [0.1, 0.15) is 16.9 Å². The summed E-state index contributed by atoms with van der Waals surface area (Å²) in [7, 11) is 0. The number of Topliss-reactive ketones (excluding diaryl/α,β-unsaturated/α-hetero) is 1. The Balaban J connectivity index is 1.78. The number of fused-ring (bicyclic) bond motifs is 1.